The van der Waals surface area contributed by atoms with E-state index in [0.29, 0.717) is 0 Å². The van der Waals surface area contributed by atoms with E-state index in [1.807, 2.05) is 0 Å². The van der Waals surface area contributed by atoms with Crippen LogP contribution in [0.25, 0.3) is 22.4 Å². The molecule has 0 N–H and O–H groups in total. The third kappa shape index (κ3) is 2.61. The van der Waals surface area contributed by atoms with Crippen molar-refractivity contribution in [3.05, 3.63) is 106 Å². The Morgan fingerprint density at radius 2 is 1.15 bits per heavy atom. The van der Waals surface area contributed by atoms with E-state index in [4.69, 9.17) is 4.42 Å². The SMILES string of the molecule is Cc1cc(C)c([B-]2(c3c(C)cc(C)cc3C)c3c(oc4ccccc34)-c3cccc[n+]32)c(C)c1. The van der Waals surface area contributed by atoms with E-state index < -0.39 is 6.28 Å². The first-order valence-corrected chi connectivity index (χ1v) is 12.2. The van der Waals surface area contributed by atoms with Gasteiger partial charge in [-0.25, -0.2) is 0 Å². The van der Waals surface area contributed by atoms with E-state index in [1.54, 1.807) is 0 Å². The Balaban J connectivity index is 1.93. The number of furan rings is 1. The van der Waals surface area contributed by atoms with E-state index in [9.17, 15) is 0 Å². The molecule has 0 amide bonds. The van der Waals surface area contributed by atoms with Crippen LogP contribution in [0.2, 0.25) is 0 Å². The zero-order valence-electron chi connectivity index (χ0n) is 20.9. The molecule has 0 aliphatic carbocycles. The number of nitrogens with zero attached hydrogens (tertiary/aromatic N) is 1. The molecule has 0 saturated carbocycles. The first-order chi connectivity index (χ1) is 16.3. The van der Waals surface area contributed by atoms with Gasteiger partial charge in [0.15, 0.2) is 11.5 Å². The predicted molar refractivity (Wildman–Crippen MR) is 143 cm³/mol. The first-order valence-electron chi connectivity index (χ1n) is 12.2. The maximum Gasteiger partial charge on any atom is 0.366 e. The van der Waals surface area contributed by atoms with Crippen LogP contribution in [-0.2, 0) is 0 Å². The van der Waals surface area contributed by atoms with Crippen LogP contribution in [0.1, 0.15) is 33.4 Å². The van der Waals surface area contributed by atoms with Crippen LogP contribution >= 0.6 is 0 Å². The molecule has 1 aliphatic rings. The monoisotopic (exact) mass is 443 g/mol. The lowest BCUT2D eigenvalue weighted by molar-refractivity contribution is -0.524. The molecule has 3 aromatic carbocycles. The second kappa shape index (κ2) is 7.20. The minimum Gasteiger partial charge on any atom is -0.453 e. The Morgan fingerprint density at radius 3 is 1.74 bits per heavy atom. The summed E-state index contributed by atoms with van der Waals surface area (Å²) in [5, 5.41) is 1.21. The number of aromatic nitrogens is 1. The fraction of sp³-hybridized carbons (Fsp3) is 0.194. The molecule has 34 heavy (non-hydrogen) atoms. The van der Waals surface area contributed by atoms with Crippen molar-refractivity contribution < 1.29 is 8.90 Å². The summed E-state index contributed by atoms with van der Waals surface area (Å²) in [5.41, 5.74) is 14.2. The summed E-state index contributed by atoms with van der Waals surface area (Å²) >= 11 is 0. The quantitative estimate of drug-likeness (QED) is 0.342. The first kappa shape index (κ1) is 21.0. The second-order valence-electron chi connectivity index (χ2n) is 10.3. The number of rotatable bonds is 2. The number of aryl methyl sites for hydroxylation is 6. The third-order valence-electron chi connectivity index (χ3n) is 7.90. The average molecular weight is 443 g/mol. The molecule has 0 bridgehead atoms. The van der Waals surface area contributed by atoms with Crippen LogP contribution in [0.15, 0.2) is 77.3 Å². The lowest BCUT2D eigenvalue weighted by Crippen LogP contribution is -2.84. The average Bonchev–Trinajstić information content (AvgIpc) is 3.28. The Hall–Kier alpha value is -3.59. The molecule has 5 aromatic rings. The summed E-state index contributed by atoms with van der Waals surface area (Å²) in [5.74, 6) is 1.00. The zero-order chi connectivity index (χ0) is 23.8. The van der Waals surface area contributed by atoms with Gasteiger partial charge in [-0.05, 0) is 65.1 Å². The molecule has 0 fully saturated rings. The van der Waals surface area contributed by atoms with Gasteiger partial charge in [0.25, 0.3) is 0 Å². The summed E-state index contributed by atoms with van der Waals surface area (Å²) in [6.07, 6.45) is 0.739. The molecule has 3 heteroatoms. The fourth-order valence-corrected chi connectivity index (χ4v) is 7.21. The van der Waals surface area contributed by atoms with Crippen LogP contribution in [0.3, 0.4) is 0 Å². The van der Waals surface area contributed by atoms with Crippen molar-refractivity contribution in [2.75, 3.05) is 0 Å². The van der Waals surface area contributed by atoms with Crippen LogP contribution in [0.4, 0.5) is 0 Å². The van der Waals surface area contributed by atoms with Crippen LogP contribution in [0.5, 0.6) is 0 Å². The molecule has 6 rings (SSSR count). The maximum atomic E-state index is 6.64. The van der Waals surface area contributed by atoms with Gasteiger partial charge in [0, 0.05) is 6.07 Å². The topological polar surface area (TPSA) is 17.0 Å². The van der Waals surface area contributed by atoms with Crippen LogP contribution in [0, 0.1) is 41.5 Å². The molecular weight excluding hydrogens is 413 g/mol. The lowest BCUT2D eigenvalue weighted by atomic mass is 9.22. The van der Waals surface area contributed by atoms with Crippen molar-refractivity contribution in [2.24, 2.45) is 0 Å². The van der Waals surface area contributed by atoms with E-state index in [1.165, 1.54) is 55.2 Å². The molecule has 0 atom stereocenters. The molecule has 0 radical (unpaired) electrons. The highest BCUT2D eigenvalue weighted by molar-refractivity contribution is 7.09. The van der Waals surface area contributed by atoms with Gasteiger partial charge >= 0.3 is 6.28 Å². The molecule has 1 aliphatic heterocycles. The van der Waals surface area contributed by atoms with Gasteiger partial charge in [0.2, 0.25) is 0 Å². The van der Waals surface area contributed by atoms with Crippen molar-refractivity contribution in [2.45, 2.75) is 41.5 Å². The maximum absolute atomic E-state index is 6.64. The summed E-state index contributed by atoms with van der Waals surface area (Å²) in [6, 6.07) is 24.4. The molecule has 2 nitrogen and oxygen atoms in total. The zero-order valence-corrected chi connectivity index (χ0v) is 20.9. The number of benzene rings is 3. The molecule has 2 aromatic heterocycles. The molecule has 0 unspecified atom stereocenters. The van der Waals surface area contributed by atoms with Crippen LogP contribution in [-0.4, -0.2) is 6.28 Å². The van der Waals surface area contributed by atoms with Crippen molar-refractivity contribution in [1.29, 1.82) is 0 Å². The number of hydrogen-bond acceptors (Lipinski definition) is 1. The molecular formula is C31H30BNO. The van der Waals surface area contributed by atoms with Gasteiger partial charge in [0.05, 0.1) is 0 Å². The van der Waals surface area contributed by atoms with E-state index in [2.05, 4.69) is 119 Å². The number of para-hydroxylation sites is 1. The summed E-state index contributed by atoms with van der Waals surface area (Å²) in [6.45, 7) is 13.5. The number of pyridine rings is 1. The van der Waals surface area contributed by atoms with Crippen molar-refractivity contribution >= 4 is 33.6 Å². The highest BCUT2D eigenvalue weighted by Crippen LogP contribution is 2.33. The standard InChI is InChI=1S/C31H30BNO/c1-19-15-21(3)28(22(4)16-19)32(29-23(5)17-20(2)18-24(29)6)30-25-11-7-8-13-27(25)34-31(30)26-12-9-10-14-33(26)32/h7-18H,1-6H3. The normalized spacial score (nSPS) is 13.8. The molecule has 168 valence electrons. The highest BCUT2D eigenvalue weighted by Gasteiger charge is 2.55. The minimum absolute atomic E-state index is 0.957. The van der Waals surface area contributed by atoms with Gasteiger partial charge in [-0.2, -0.15) is 0 Å². The fourth-order valence-electron chi connectivity index (χ4n) is 7.21. The summed E-state index contributed by atoms with van der Waals surface area (Å²) in [4.78, 5) is 0. The van der Waals surface area contributed by atoms with Gasteiger partial charge in [-0.3, -0.25) is 0 Å². The van der Waals surface area contributed by atoms with E-state index in [0.717, 1.165) is 17.0 Å². The van der Waals surface area contributed by atoms with E-state index >= 15 is 0 Å². The Bertz CT molecular complexity index is 1520. The van der Waals surface area contributed by atoms with Crippen molar-refractivity contribution in [1.82, 2.24) is 0 Å². The number of hydrogen-bond donors (Lipinski definition) is 0. The Labute approximate surface area is 201 Å². The third-order valence-corrected chi connectivity index (χ3v) is 7.90. The van der Waals surface area contributed by atoms with Gasteiger partial charge in [-0.1, -0.05) is 81.3 Å². The largest absolute Gasteiger partial charge is 0.453 e. The Morgan fingerprint density at radius 1 is 0.618 bits per heavy atom. The van der Waals surface area contributed by atoms with Gasteiger partial charge in [0.1, 0.15) is 11.8 Å². The summed E-state index contributed by atoms with van der Waals surface area (Å²) in [7, 11) is 0. The second-order valence-corrected chi connectivity index (χ2v) is 10.3. The summed E-state index contributed by atoms with van der Waals surface area (Å²) < 4.78 is 9.16. The molecule has 3 heterocycles. The van der Waals surface area contributed by atoms with E-state index in [-0.39, 0.29) is 0 Å². The smallest absolute Gasteiger partial charge is 0.366 e. The van der Waals surface area contributed by atoms with Gasteiger partial charge < -0.3 is 8.90 Å². The van der Waals surface area contributed by atoms with Crippen LogP contribution < -0.4 is 20.9 Å². The highest BCUT2D eigenvalue weighted by atomic mass is 16.3. The Kier molecular flexibility index (Phi) is 4.45. The van der Waals surface area contributed by atoms with Gasteiger partial charge in [-0.15, -0.1) is 10.9 Å². The number of fused-ring (bicyclic) bond motifs is 5. The predicted octanol–water partition coefficient (Wildman–Crippen LogP) is 5.07. The molecule has 0 saturated heterocycles. The van der Waals surface area contributed by atoms with Crippen molar-refractivity contribution in [3.63, 3.8) is 0 Å². The minimum atomic E-state index is -1.52. The lowest BCUT2D eigenvalue weighted by Gasteiger charge is -2.38. The molecule has 0 spiro atoms. The van der Waals surface area contributed by atoms with Crippen molar-refractivity contribution in [3.8, 4) is 11.5 Å².